The van der Waals surface area contributed by atoms with Gasteiger partial charge in [0.1, 0.15) is 11.5 Å². The Kier molecular flexibility index (Phi) is 2.47. The van der Waals surface area contributed by atoms with Gasteiger partial charge in [0, 0.05) is 4.47 Å². The highest BCUT2D eigenvalue weighted by atomic mass is 79.9. The molecule has 0 bridgehead atoms. The quantitative estimate of drug-likeness (QED) is 0.750. The number of rotatable bonds is 1. The van der Waals surface area contributed by atoms with Crippen LogP contribution in [0.15, 0.2) is 16.6 Å². The van der Waals surface area contributed by atoms with Crippen LogP contribution in [-0.4, -0.2) is 11.1 Å². The van der Waals surface area contributed by atoms with Crippen molar-refractivity contribution in [2.45, 2.75) is 0 Å². The molecule has 0 radical (unpaired) electrons. The van der Waals surface area contributed by atoms with Gasteiger partial charge in [-0.3, -0.25) is 0 Å². The number of primary amides is 1. The largest absolute Gasteiger partial charge is 0.411 e. The monoisotopic (exact) mass is 287 g/mol. The fourth-order valence-corrected chi connectivity index (χ4v) is 1.86. The normalized spacial score (nSPS) is 10.6. The molecule has 5 N–H and O–H groups in total. The SMILES string of the molecule is NC(=O)Oc1[nH]c2cc(Br)cc(F)c2c1N. The van der Waals surface area contributed by atoms with E-state index in [-0.39, 0.29) is 17.0 Å². The smallest absolute Gasteiger partial charge is 0.394 e. The van der Waals surface area contributed by atoms with E-state index >= 15 is 0 Å². The van der Waals surface area contributed by atoms with E-state index in [1.54, 1.807) is 6.07 Å². The number of nitrogen functional groups attached to an aromatic ring is 1. The van der Waals surface area contributed by atoms with E-state index in [4.69, 9.17) is 11.5 Å². The predicted octanol–water partition coefficient (Wildman–Crippen LogP) is 2.11. The highest BCUT2D eigenvalue weighted by molar-refractivity contribution is 9.10. The summed E-state index contributed by atoms with van der Waals surface area (Å²) >= 11 is 3.13. The average Bonchev–Trinajstić information content (AvgIpc) is 2.41. The van der Waals surface area contributed by atoms with E-state index in [1.807, 2.05) is 0 Å². The van der Waals surface area contributed by atoms with Gasteiger partial charge in [-0.15, -0.1) is 0 Å². The third-order valence-electron chi connectivity index (χ3n) is 2.02. The molecule has 0 saturated carbocycles. The lowest BCUT2D eigenvalue weighted by molar-refractivity contribution is 0.209. The van der Waals surface area contributed by atoms with Crippen molar-refractivity contribution < 1.29 is 13.9 Å². The number of nitrogens with one attached hydrogen (secondary N) is 1. The van der Waals surface area contributed by atoms with Crippen LogP contribution in [0.2, 0.25) is 0 Å². The third kappa shape index (κ3) is 1.69. The number of benzene rings is 1. The number of amides is 1. The molecule has 0 fully saturated rings. The van der Waals surface area contributed by atoms with Crippen molar-refractivity contribution in [1.82, 2.24) is 4.98 Å². The molecule has 0 saturated heterocycles. The number of aromatic amines is 1. The number of anilines is 1. The zero-order valence-electron chi connectivity index (χ0n) is 7.88. The molecule has 0 unspecified atom stereocenters. The number of H-pyrrole nitrogens is 1. The van der Waals surface area contributed by atoms with E-state index < -0.39 is 11.9 Å². The number of aromatic nitrogens is 1. The minimum Gasteiger partial charge on any atom is -0.394 e. The number of ether oxygens (including phenoxy) is 1. The summed E-state index contributed by atoms with van der Waals surface area (Å²) < 4.78 is 18.7. The molecule has 16 heavy (non-hydrogen) atoms. The van der Waals surface area contributed by atoms with Crippen molar-refractivity contribution in [2.75, 3.05) is 5.73 Å². The van der Waals surface area contributed by atoms with Crippen LogP contribution in [0.3, 0.4) is 0 Å². The van der Waals surface area contributed by atoms with Crippen LogP contribution in [-0.2, 0) is 0 Å². The van der Waals surface area contributed by atoms with E-state index in [9.17, 15) is 9.18 Å². The standard InChI is InChI=1S/C9H7BrFN3O2/c10-3-1-4(11)6-5(2-3)14-8(7(6)12)16-9(13)15/h1-2,14H,12H2,(H2,13,15). The lowest BCUT2D eigenvalue weighted by atomic mass is 10.2. The zero-order chi connectivity index (χ0) is 11.9. The molecule has 1 aromatic heterocycles. The molecule has 84 valence electrons. The van der Waals surface area contributed by atoms with Crippen LogP contribution in [0.5, 0.6) is 5.88 Å². The minimum atomic E-state index is -1.02. The Labute approximate surface area is 97.7 Å². The van der Waals surface area contributed by atoms with E-state index in [1.165, 1.54) is 6.07 Å². The molecule has 1 amide bonds. The van der Waals surface area contributed by atoms with E-state index in [0.29, 0.717) is 9.99 Å². The van der Waals surface area contributed by atoms with Crippen LogP contribution >= 0.6 is 15.9 Å². The third-order valence-corrected chi connectivity index (χ3v) is 2.48. The molecular formula is C9H7BrFN3O2. The Balaban J connectivity index is 2.68. The predicted molar refractivity (Wildman–Crippen MR) is 60.6 cm³/mol. The Hall–Kier alpha value is -1.76. The summed E-state index contributed by atoms with van der Waals surface area (Å²) in [6.07, 6.45) is -1.02. The van der Waals surface area contributed by atoms with Gasteiger partial charge < -0.3 is 21.2 Å². The van der Waals surface area contributed by atoms with E-state index in [0.717, 1.165) is 0 Å². The van der Waals surface area contributed by atoms with Gasteiger partial charge in [-0.2, -0.15) is 0 Å². The maximum absolute atomic E-state index is 13.6. The van der Waals surface area contributed by atoms with Crippen molar-refractivity contribution in [3.63, 3.8) is 0 Å². The van der Waals surface area contributed by atoms with E-state index in [2.05, 4.69) is 25.7 Å². The summed E-state index contributed by atoms with van der Waals surface area (Å²) in [4.78, 5) is 13.2. The summed E-state index contributed by atoms with van der Waals surface area (Å²) in [6, 6.07) is 2.88. The molecule has 1 aromatic carbocycles. The molecular weight excluding hydrogens is 281 g/mol. The molecule has 2 aromatic rings. The van der Waals surface area contributed by atoms with Crippen LogP contribution in [0.4, 0.5) is 14.9 Å². The lowest BCUT2D eigenvalue weighted by Gasteiger charge is -1.97. The first kappa shape index (κ1) is 10.7. The summed E-state index contributed by atoms with van der Waals surface area (Å²) in [7, 11) is 0. The Morgan fingerprint density at radius 1 is 1.50 bits per heavy atom. The minimum absolute atomic E-state index is 0.0128. The number of carbonyl (C=O) groups is 1. The maximum Gasteiger partial charge on any atom is 0.411 e. The van der Waals surface area contributed by atoms with Gasteiger partial charge in [0.25, 0.3) is 0 Å². The van der Waals surface area contributed by atoms with Crippen molar-refractivity contribution in [3.05, 3.63) is 22.4 Å². The summed E-state index contributed by atoms with van der Waals surface area (Å²) in [5.74, 6) is -0.572. The van der Waals surface area contributed by atoms with Gasteiger partial charge in [0.05, 0.1) is 10.9 Å². The van der Waals surface area contributed by atoms with Crippen LogP contribution in [0.25, 0.3) is 10.9 Å². The Morgan fingerprint density at radius 2 is 2.19 bits per heavy atom. The van der Waals surface area contributed by atoms with Crippen molar-refractivity contribution in [2.24, 2.45) is 5.73 Å². The zero-order valence-corrected chi connectivity index (χ0v) is 9.47. The Morgan fingerprint density at radius 3 is 2.81 bits per heavy atom. The first-order valence-corrected chi connectivity index (χ1v) is 5.02. The molecule has 0 spiro atoms. The molecule has 5 nitrogen and oxygen atoms in total. The fourth-order valence-electron chi connectivity index (χ4n) is 1.43. The molecule has 0 aliphatic rings. The van der Waals surface area contributed by atoms with Gasteiger partial charge in [-0.25, -0.2) is 9.18 Å². The number of carbonyl (C=O) groups excluding carboxylic acids is 1. The first-order valence-electron chi connectivity index (χ1n) is 4.22. The molecule has 7 heteroatoms. The van der Waals surface area contributed by atoms with Gasteiger partial charge in [-0.05, 0) is 12.1 Å². The first-order chi connectivity index (χ1) is 7.49. The second-order valence-corrected chi connectivity index (χ2v) is 4.01. The average molecular weight is 288 g/mol. The molecule has 0 aliphatic heterocycles. The fraction of sp³-hybridized carbons (Fsp3) is 0. The van der Waals surface area contributed by atoms with Crippen molar-refractivity contribution >= 4 is 38.6 Å². The van der Waals surface area contributed by atoms with Gasteiger partial charge in [0.2, 0.25) is 5.88 Å². The second-order valence-electron chi connectivity index (χ2n) is 3.10. The number of fused-ring (bicyclic) bond motifs is 1. The highest BCUT2D eigenvalue weighted by Gasteiger charge is 2.15. The number of halogens is 2. The Bertz CT molecular complexity index is 582. The lowest BCUT2D eigenvalue weighted by Crippen LogP contribution is -2.17. The molecule has 1 heterocycles. The summed E-state index contributed by atoms with van der Waals surface area (Å²) in [5, 5.41) is 0.166. The summed E-state index contributed by atoms with van der Waals surface area (Å²) in [5.41, 5.74) is 10.9. The van der Waals surface area contributed by atoms with Crippen LogP contribution in [0.1, 0.15) is 0 Å². The topological polar surface area (TPSA) is 94.1 Å². The number of hydrogen-bond acceptors (Lipinski definition) is 3. The van der Waals surface area contributed by atoms with Crippen molar-refractivity contribution in [3.8, 4) is 5.88 Å². The number of nitrogens with two attached hydrogens (primary N) is 2. The van der Waals surface area contributed by atoms with Gasteiger partial charge >= 0.3 is 6.09 Å². The highest BCUT2D eigenvalue weighted by Crippen LogP contribution is 2.34. The van der Waals surface area contributed by atoms with Crippen molar-refractivity contribution in [1.29, 1.82) is 0 Å². The van der Waals surface area contributed by atoms with Crippen LogP contribution < -0.4 is 16.2 Å². The molecule has 0 aliphatic carbocycles. The summed E-state index contributed by atoms with van der Waals surface area (Å²) in [6.45, 7) is 0. The molecule has 0 atom stereocenters. The maximum atomic E-state index is 13.6. The van der Waals surface area contributed by atoms with Gasteiger partial charge in [-0.1, -0.05) is 15.9 Å². The number of hydrogen-bond donors (Lipinski definition) is 3. The van der Waals surface area contributed by atoms with Crippen LogP contribution in [0, 0.1) is 5.82 Å². The van der Waals surface area contributed by atoms with Gasteiger partial charge in [0.15, 0.2) is 0 Å². The molecule has 2 rings (SSSR count). The second kappa shape index (κ2) is 3.67.